The van der Waals surface area contributed by atoms with Crippen molar-refractivity contribution in [1.29, 1.82) is 0 Å². The number of carbonyl (C=O) groups is 1. The highest BCUT2D eigenvalue weighted by atomic mass is 19.1. The van der Waals surface area contributed by atoms with Crippen LogP contribution in [0.15, 0.2) is 42.7 Å². The zero-order valence-corrected chi connectivity index (χ0v) is 14.3. The Hall–Kier alpha value is -2.25. The van der Waals surface area contributed by atoms with Crippen molar-refractivity contribution < 1.29 is 13.9 Å². The van der Waals surface area contributed by atoms with Crippen molar-refractivity contribution in [3.05, 3.63) is 54.1 Å². The van der Waals surface area contributed by atoms with Crippen LogP contribution in [0.5, 0.6) is 0 Å². The Bertz CT molecular complexity index is 692. The highest BCUT2D eigenvalue weighted by Crippen LogP contribution is 2.10. The van der Waals surface area contributed by atoms with E-state index in [0.717, 1.165) is 12.1 Å². The minimum atomic E-state index is -0.284. The number of morpholine rings is 1. The molecule has 6 nitrogen and oxygen atoms in total. The van der Waals surface area contributed by atoms with Gasteiger partial charge in [-0.15, -0.1) is 0 Å². The molecule has 0 aliphatic carbocycles. The second-order valence-electron chi connectivity index (χ2n) is 6.34. The van der Waals surface area contributed by atoms with Gasteiger partial charge in [0.2, 0.25) is 5.91 Å². The first-order valence-electron chi connectivity index (χ1n) is 8.40. The van der Waals surface area contributed by atoms with Gasteiger partial charge in [-0.2, -0.15) is 5.10 Å². The van der Waals surface area contributed by atoms with Crippen LogP contribution in [0.25, 0.3) is 0 Å². The Morgan fingerprint density at radius 3 is 3.08 bits per heavy atom. The van der Waals surface area contributed by atoms with E-state index in [0.29, 0.717) is 32.8 Å². The number of halogens is 1. The summed E-state index contributed by atoms with van der Waals surface area (Å²) in [5, 5.41) is 4.19. The summed E-state index contributed by atoms with van der Waals surface area (Å²) in [6.45, 7) is 3.45. The Labute approximate surface area is 146 Å². The van der Waals surface area contributed by atoms with Crippen molar-refractivity contribution in [2.24, 2.45) is 0 Å². The van der Waals surface area contributed by atoms with Crippen LogP contribution in [-0.4, -0.2) is 64.9 Å². The summed E-state index contributed by atoms with van der Waals surface area (Å²) < 4.78 is 20.9. The first-order valence-corrected chi connectivity index (χ1v) is 8.40. The molecular formula is C18H23FN4O2. The number of rotatable bonds is 6. The lowest BCUT2D eigenvalue weighted by molar-refractivity contribution is -0.133. The van der Waals surface area contributed by atoms with E-state index in [1.54, 1.807) is 24.2 Å². The Balaban J connectivity index is 1.49. The summed E-state index contributed by atoms with van der Waals surface area (Å²) >= 11 is 0. The van der Waals surface area contributed by atoms with Crippen LogP contribution < -0.4 is 0 Å². The van der Waals surface area contributed by atoms with Crippen LogP contribution in [0.1, 0.15) is 5.56 Å². The van der Waals surface area contributed by atoms with Crippen molar-refractivity contribution in [2.75, 3.05) is 33.3 Å². The normalized spacial score (nSPS) is 18.2. The number of ether oxygens (including phenoxy) is 1. The molecule has 1 aromatic carbocycles. The fraction of sp³-hybridized carbons (Fsp3) is 0.444. The van der Waals surface area contributed by atoms with Gasteiger partial charge >= 0.3 is 0 Å². The summed E-state index contributed by atoms with van der Waals surface area (Å²) in [7, 11) is 1.74. The molecule has 0 spiro atoms. The number of hydrogen-bond donors (Lipinski definition) is 0. The predicted octanol–water partition coefficient (Wildman–Crippen LogP) is 1.38. The SMILES string of the molecule is CN(Cc1cccc(F)c1)C(=O)CN1CCOC(Cn2cccn2)C1. The van der Waals surface area contributed by atoms with Crippen LogP contribution in [0.2, 0.25) is 0 Å². The predicted molar refractivity (Wildman–Crippen MR) is 91.3 cm³/mol. The molecule has 1 aliphatic heterocycles. The van der Waals surface area contributed by atoms with Crippen molar-refractivity contribution >= 4 is 5.91 Å². The van der Waals surface area contributed by atoms with Gasteiger partial charge in [-0.3, -0.25) is 14.4 Å². The molecular weight excluding hydrogens is 323 g/mol. The summed E-state index contributed by atoms with van der Waals surface area (Å²) in [6, 6.07) is 8.22. The van der Waals surface area contributed by atoms with E-state index < -0.39 is 0 Å². The van der Waals surface area contributed by atoms with Gasteiger partial charge in [0.15, 0.2) is 0 Å². The number of aromatic nitrogens is 2. The van der Waals surface area contributed by atoms with Crippen molar-refractivity contribution in [1.82, 2.24) is 19.6 Å². The summed E-state index contributed by atoms with van der Waals surface area (Å²) in [4.78, 5) is 16.2. The van der Waals surface area contributed by atoms with Gasteiger partial charge in [0, 0.05) is 39.1 Å². The molecule has 25 heavy (non-hydrogen) atoms. The first kappa shape index (κ1) is 17.6. The third kappa shape index (κ3) is 5.11. The molecule has 1 saturated heterocycles. The van der Waals surface area contributed by atoms with Crippen molar-refractivity contribution in [3.63, 3.8) is 0 Å². The summed E-state index contributed by atoms with van der Waals surface area (Å²) in [6.07, 6.45) is 3.67. The quantitative estimate of drug-likeness (QED) is 0.793. The van der Waals surface area contributed by atoms with Crippen LogP contribution >= 0.6 is 0 Å². The molecule has 1 unspecified atom stereocenters. The molecule has 2 aromatic rings. The van der Waals surface area contributed by atoms with E-state index in [4.69, 9.17) is 4.74 Å². The maximum Gasteiger partial charge on any atom is 0.236 e. The van der Waals surface area contributed by atoms with Crippen LogP contribution in [0.4, 0.5) is 4.39 Å². The number of hydrogen-bond acceptors (Lipinski definition) is 4. The summed E-state index contributed by atoms with van der Waals surface area (Å²) in [5.74, 6) is -0.267. The van der Waals surface area contributed by atoms with Crippen LogP contribution in [0, 0.1) is 5.82 Å². The van der Waals surface area contributed by atoms with Gasteiger partial charge < -0.3 is 9.64 Å². The van der Waals surface area contributed by atoms with E-state index >= 15 is 0 Å². The summed E-state index contributed by atoms with van der Waals surface area (Å²) in [5.41, 5.74) is 0.786. The van der Waals surface area contributed by atoms with Crippen molar-refractivity contribution in [2.45, 2.75) is 19.2 Å². The number of carbonyl (C=O) groups excluding carboxylic acids is 1. The molecule has 7 heteroatoms. The number of amides is 1. The van der Waals surface area contributed by atoms with Gasteiger partial charge in [-0.05, 0) is 23.8 Å². The fourth-order valence-corrected chi connectivity index (χ4v) is 2.96. The average molecular weight is 346 g/mol. The molecule has 1 aliphatic rings. The average Bonchev–Trinajstić information content (AvgIpc) is 3.08. The molecule has 1 aromatic heterocycles. The first-order chi connectivity index (χ1) is 12.1. The minimum Gasteiger partial charge on any atom is -0.374 e. The van der Waals surface area contributed by atoms with Gasteiger partial charge in [0.1, 0.15) is 5.82 Å². The molecule has 0 bridgehead atoms. The van der Waals surface area contributed by atoms with Gasteiger partial charge in [0.25, 0.3) is 0 Å². The van der Waals surface area contributed by atoms with Gasteiger partial charge in [0.05, 0.1) is 25.8 Å². The van der Waals surface area contributed by atoms with Crippen LogP contribution in [-0.2, 0) is 22.6 Å². The molecule has 3 rings (SSSR count). The Morgan fingerprint density at radius 1 is 1.44 bits per heavy atom. The fourth-order valence-electron chi connectivity index (χ4n) is 2.96. The second-order valence-corrected chi connectivity index (χ2v) is 6.34. The Morgan fingerprint density at radius 2 is 2.32 bits per heavy atom. The molecule has 0 saturated carbocycles. The van der Waals surface area contributed by atoms with E-state index in [1.807, 2.05) is 23.0 Å². The number of likely N-dealkylation sites (N-methyl/N-ethyl adjacent to an activating group) is 1. The Kier molecular flexibility index (Phi) is 5.78. The van der Waals surface area contributed by atoms with E-state index in [-0.39, 0.29) is 17.8 Å². The molecule has 0 radical (unpaired) electrons. The van der Waals surface area contributed by atoms with Crippen molar-refractivity contribution in [3.8, 4) is 0 Å². The number of benzene rings is 1. The molecule has 2 heterocycles. The number of nitrogens with zero attached hydrogens (tertiary/aromatic N) is 4. The maximum atomic E-state index is 13.3. The third-order valence-electron chi connectivity index (χ3n) is 4.27. The maximum absolute atomic E-state index is 13.3. The lowest BCUT2D eigenvalue weighted by Gasteiger charge is -2.33. The van der Waals surface area contributed by atoms with Crippen LogP contribution in [0.3, 0.4) is 0 Å². The lowest BCUT2D eigenvalue weighted by Crippen LogP contribution is -2.48. The zero-order valence-electron chi connectivity index (χ0n) is 14.3. The molecule has 134 valence electrons. The van der Waals surface area contributed by atoms with E-state index in [1.165, 1.54) is 12.1 Å². The minimum absolute atomic E-state index is 0.0176. The van der Waals surface area contributed by atoms with Gasteiger partial charge in [-0.1, -0.05) is 12.1 Å². The largest absolute Gasteiger partial charge is 0.374 e. The van der Waals surface area contributed by atoms with E-state index in [9.17, 15) is 9.18 Å². The monoisotopic (exact) mass is 346 g/mol. The smallest absolute Gasteiger partial charge is 0.236 e. The standard InChI is InChI=1S/C18H23FN4O2/c1-21(11-15-4-2-5-16(19)10-15)18(24)14-22-8-9-25-17(12-22)13-23-7-3-6-20-23/h2-7,10,17H,8-9,11-14H2,1H3. The third-order valence-corrected chi connectivity index (χ3v) is 4.27. The zero-order chi connectivity index (χ0) is 17.6. The lowest BCUT2D eigenvalue weighted by atomic mass is 10.2. The highest BCUT2D eigenvalue weighted by Gasteiger charge is 2.23. The highest BCUT2D eigenvalue weighted by molar-refractivity contribution is 5.78. The van der Waals surface area contributed by atoms with E-state index in [2.05, 4.69) is 10.00 Å². The molecule has 1 fully saturated rings. The topological polar surface area (TPSA) is 50.6 Å². The van der Waals surface area contributed by atoms with Gasteiger partial charge in [-0.25, -0.2) is 4.39 Å². The molecule has 1 amide bonds. The molecule has 1 atom stereocenters. The second kappa shape index (κ2) is 8.22. The molecule has 0 N–H and O–H groups in total.